The van der Waals surface area contributed by atoms with E-state index in [1.54, 1.807) is 29.5 Å². The standard InChI is InChI=1S/C17H15FN4OS2/c18-14-6-2-1-4-12(14)10-19-16(23)11-25-17-20-15(21-22-17)8-7-13-5-3-9-24-13/h1-9H,10-11H2,(H,19,23)(H,20,21,22)/b8-7+. The van der Waals surface area contributed by atoms with Gasteiger partial charge < -0.3 is 5.32 Å². The lowest BCUT2D eigenvalue weighted by Gasteiger charge is -2.05. The number of rotatable bonds is 7. The lowest BCUT2D eigenvalue weighted by atomic mass is 10.2. The largest absolute Gasteiger partial charge is 0.351 e. The van der Waals surface area contributed by atoms with Crippen LogP contribution in [-0.2, 0) is 11.3 Å². The van der Waals surface area contributed by atoms with Crippen molar-refractivity contribution in [2.24, 2.45) is 0 Å². The van der Waals surface area contributed by atoms with E-state index in [0.29, 0.717) is 16.5 Å². The highest BCUT2D eigenvalue weighted by atomic mass is 32.2. The first kappa shape index (κ1) is 17.4. The number of hydrogen-bond acceptors (Lipinski definition) is 5. The van der Waals surface area contributed by atoms with Crippen LogP contribution in [0.1, 0.15) is 16.3 Å². The molecule has 0 aliphatic heterocycles. The molecule has 0 spiro atoms. The van der Waals surface area contributed by atoms with Gasteiger partial charge in [-0.15, -0.1) is 16.4 Å². The summed E-state index contributed by atoms with van der Waals surface area (Å²) >= 11 is 2.86. The van der Waals surface area contributed by atoms with Crippen molar-refractivity contribution < 1.29 is 9.18 Å². The number of halogens is 1. The van der Waals surface area contributed by atoms with E-state index in [4.69, 9.17) is 0 Å². The number of H-pyrrole nitrogens is 1. The van der Waals surface area contributed by atoms with Crippen molar-refractivity contribution in [3.8, 4) is 0 Å². The molecule has 0 radical (unpaired) electrons. The molecule has 0 aliphatic rings. The summed E-state index contributed by atoms with van der Waals surface area (Å²) in [6, 6.07) is 10.3. The topological polar surface area (TPSA) is 70.7 Å². The van der Waals surface area contributed by atoms with Crippen LogP contribution in [0.4, 0.5) is 4.39 Å². The smallest absolute Gasteiger partial charge is 0.230 e. The van der Waals surface area contributed by atoms with Crippen molar-refractivity contribution >= 4 is 41.2 Å². The van der Waals surface area contributed by atoms with Gasteiger partial charge in [0.25, 0.3) is 0 Å². The van der Waals surface area contributed by atoms with Gasteiger partial charge in [0.05, 0.1) is 5.75 Å². The SMILES string of the molecule is O=C(CSc1n[nH]c(/C=C/c2cccs2)n1)NCc1ccccc1F. The van der Waals surface area contributed by atoms with Crippen LogP contribution in [0.15, 0.2) is 46.9 Å². The van der Waals surface area contributed by atoms with Crippen molar-refractivity contribution in [1.29, 1.82) is 0 Å². The average molecular weight is 374 g/mol. The monoisotopic (exact) mass is 374 g/mol. The predicted octanol–water partition coefficient (Wildman–Crippen LogP) is 3.58. The van der Waals surface area contributed by atoms with Gasteiger partial charge in [0.15, 0.2) is 0 Å². The van der Waals surface area contributed by atoms with Gasteiger partial charge in [0.1, 0.15) is 11.6 Å². The van der Waals surface area contributed by atoms with E-state index in [0.717, 1.165) is 4.88 Å². The molecule has 0 atom stereocenters. The van der Waals surface area contributed by atoms with Gasteiger partial charge in [-0.3, -0.25) is 9.89 Å². The molecular formula is C17H15FN4OS2. The van der Waals surface area contributed by atoms with E-state index in [1.807, 2.05) is 29.7 Å². The van der Waals surface area contributed by atoms with E-state index in [1.165, 1.54) is 17.8 Å². The van der Waals surface area contributed by atoms with E-state index >= 15 is 0 Å². The van der Waals surface area contributed by atoms with Crippen LogP contribution >= 0.6 is 23.1 Å². The third-order valence-electron chi connectivity index (χ3n) is 3.20. The van der Waals surface area contributed by atoms with Crippen LogP contribution in [-0.4, -0.2) is 26.8 Å². The van der Waals surface area contributed by atoms with Crippen LogP contribution < -0.4 is 5.32 Å². The second-order valence-corrected chi connectivity index (χ2v) is 6.93. The van der Waals surface area contributed by atoms with Gasteiger partial charge in [0, 0.05) is 17.0 Å². The molecule has 1 aromatic carbocycles. The summed E-state index contributed by atoms with van der Waals surface area (Å²) in [6.07, 6.45) is 3.78. The van der Waals surface area contributed by atoms with Gasteiger partial charge in [-0.25, -0.2) is 9.37 Å². The predicted molar refractivity (Wildman–Crippen MR) is 98.6 cm³/mol. The molecule has 25 heavy (non-hydrogen) atoms. The van der Waals surface area contributed by atoms with Crippen molar-refractivity contribution in [2.45, 2.75) is 11.7 Å². The molecule has 3 aromatic rings. The summed E-state index contributed by atoms with van der Waals surface area (Å²) in [5.41, 5.74) is 0.458. The van der Waals surface area contributed by atoms with Gasteiger partial charge in [-0.1, -0.05) is 36.0 Å². The number of carbonyl (C=O) groups is 1. The van der Waals surface area contributed by atoms with Crippen LogP contribution in [0.3, 0.4) is 0 Å². The van der Waals surface area contributed by atoms with Crippen LogP contribution in [0.25, 0.3) is 12.2 Å². The molecular weight excluding hydrogens is 359 g/mol. The van der Waals surface area contributed by atoms with Crippen molar-refractivity contribution in [3.05, 3.63) is 63.9 Å². The summed E-state index contributed by atoms with van der Waals surface area (Å²) in [7, 11) is 0. The summed E-state index contributed by atoms with van der Waals surface area (Å²) in [5, 5.41) is 12.0. The molecule has 8 heteroatoms. The zero-order chi connectivity index (χ0) is 17.5. The molecule has 0 aliphatic carbocycles. The number of nitrogens with zero attached hydrogens (tertiary/aromatic N) is 2. The Kier molecular flexibility index (Phi) is 5.97. The fourth-order valence-corrected chi connectivity index (χ4v) is 3.21. The number of thiophene rings is 1. The molecule has 2 aromatic heterocycles. The van der Waals surface area contributed by atoms with E-state index in [9.17, 15) is 9.18 Å². The molecule has 1 amide bonds. The van der Waals surface area contributed by atoms with Crippen LogP contribution in [0.2, 0.25) is 0 Å². The lowest BCUT2D eigenvalue weighted by Crippen LogP contribution is -2.25. The maximum Gasteiger partial charge on any atom is 0.230 e. The number of hydrogen-bond donors (Lipinski definition) is 2. The zero-order valence-corrected chi connectivity index (χ0v) is 14.7. The molecule has 0 unspecified atom stereocenters. The van der Waals surface area contributed by atoms with Gasteiger partial charge >= 0.3 is 0 Å². The minimum absolute atomic E-state index is 0.162. The maximum absolute atomic E-state index is 13.5. The molecule has 2 heterocycles. The Morgan fingerprint density at radius 3 is 2.96 bits per heavy atom. The Balaban J connectivity index is 1.45. The number of thioether (sulfide) groups is 1. The number of nitrogens with one attached hydrogen (secondary N) is 2. The number of benzene rings is 1. The number of aromatic nitrogens is 3. The minimum atomic E-state index is -0.327. The molecule has 128 valence electrons. The van der Waals surface area contributed by atoms with E-state index < -0.39 is 0 Å². The normalized spacial score (nSPS) is 11.1. The molecule has 0 saturated carbocycles. The minimum Gasteiger partial charge on any atom is -0.351 e. The maximum atomic E-state index is 13.5. The highest BCUT2D eigenvalue weighted by Crippen LogP contribution is 2.15. The average Bonchev–Trinajstić information content (AvgIpc) is 3.29. The van der Waals surface area contributed by atoms with Crippen molar-refractivity contribution in [2.75, 3.05) is 5.75 Å². The quantitative estimate of drug-likeness (QED) is 0.620. The number of amides is 1. The Labute approximate surface area is 152 Å². The number of carbonyl (C=O) groups excluding carboxylic acids is 1. The van der Waals surface area contributed by atoms with Gasteiger partial charge in [-0.2, -0.15) is 0 Å². The Hall–Kier alpha value is -2.45. The molecule has 2 N–H and O–H groups in total. The second kappa shape index (κ2) is 8.59. The first-order valence-corrected chi connectivity index (χ1v) is 9.34. The van der Waals surface area contributed by atoms with Gasteiger partial charge in [0.2, 0.25) is 11.1 Å². The second-order valence-electron chi connectivity index (χ2n) is 5.01. The van der Waals surface area contributed by atoms with Crippen LogP contribution in [0, 0.1) is 5.82 Å². The van der Waals surface area contributed by atoms with Crippen LogP contribution in [0.5, 0.6) is 0 Å². The Morgan fingerprint density at radius 1 is 1.28 bits per heavy atom. The molecule has 5 nitrogen and oxygen atoms in total. The molecule has 0 fully saturated rings. The van der Waals surface area contributed by atoms with Gasteiger partial charge in [-0.05, 0) is 29.7 Å². The Morgan fingerprint density at radius 2 is 2.16 bits per heavy atom. The van der Waals surface area contributed by atoms with Crippen molar-refractivity contribution in [1.82, 2.24) is 20.5 Å². The fourth-order valence-electron chi connectivity index (χ4n) is 1.96. The summed E-state index contributed by atoms with van der Waals surface area (Å²) in [5.74, 6) is 0.267. The van der Waals surface area contributed by atoms with E-state index in [-0.39, 0.29) is 24.0 Å². The Bertz CT molecular complexity index is 861. The third-order valence-corrected chi connectivity index (χ3v) is 4.88. The summed E-state index contributed by atoms with van der Waals surface area (Å²) in [6.45, 7) is 0.162. The molecule has 3 rings (SSSR count). The molecule has 0 bridgehead atoms. The first-order valence-electron chi connectivity index (χ1n) is 7.47. The highest BCUT2D eigenvalue weighted by Gasteiger charge is 2.08. The number of aromatic amines is 1. The molecule has 0 saturated heterocycles. The van der Waals surface area contributed by atoms with Crippen molar-refractivity contribution in [3.63, 3.8) is 0 Å². The lowest BCUT2D eigenvalue weighted by molar-refractivity contribution is -0.118. The van der Waals surface area contributed by atoms with E-state index in [2.05, 4.69) is 20.5 Å². The first-order chi connectivity index (χ1) is 12.2. The summed E-state index contributed by atoms with van der Waals surface area (Å²) in [4.78, 5) is 17.3. The zero-order valence-electron chi connectivity index (χ0n) is 13.1. The fraction of sp³-hybridized carbons (Fsp3) is 0.118. The summed E-state index contributed by atoms with van der Waals surface area (Å²) < 4.78 is 13.5. The third kappa shape index (κ3) is 5.27. The highest BCUT2D eigenvalue weighted by molar-refractivity contribution is 7.99.